The van der Waals surface area contributed by atoms with Crippen LogP contribution in [-0.4, -0.2) is 46.8 Å². The molecule has 0 unspecified atom stereocenters. The van der Waals surface area contributed by atoms with Crippen molar-refractivity contribution in [3.63, 3.8) is 0 Å². The summed E-state index contributed by atoms with van der Waals surface area (Å²) in [5.74, 6) is -3.92. The number of nitrogens with zero attached hydrogens (tertiary/aromatic N) is 2. The first-order chi connectivity index (χ1) is 16.8. The van der Waals surface area contributed by atoms with E-state index in [1.165, 1.54) is 54.1 Å². The molecule has 1 fully saturated rings. The van der Waals surface area contributed by atoms with Crippen LogP contribution in [0.4, 0.5) is 8.78 Å². The largest absolute Gasteiger partial charge is 0.480 e. The monoisotopic (exact) mass is 486 g/mol. The van der Waals surface area contributed by atoms with Crippen LogP contribution < -0.4 is 0 Å². The standard InChI is InChI=1S/C28H36F2N2O3/c1-28(29,30)22-13-10-21(11-14-22)26(27(33)34)32-17-16-24(19-32)35-18-6-2-3-8-23-15-12-20-7-4-5-9-25(20)31-23/h10-15,24,26H,2-9,16-19H2,1H3,(H,33,34)/t24-,26+/m1/s1. The lowest BCUT2D eigenvalue weighted by Crippen LogP contribution is -2.33. The molecule has 7 heteroatoms. The Labute approximate surface area is 206 Å². The van der Waals surface area contributed by atoms with Crippen molar-refractivity contribution < 1.29 is 23.4 Å². The number of carboxylic acids is 1. The van der Waals surface area contributed by atoms with Crippen molar-refractivity contribution in [3.05, 3.63) is 64.5 Å². The van der Waals surface area contributed by atoms with Crippen molar-refractivity contribution in [3.8, 4) is 0 Å². The van der Waals surface area contributed by atoms with Crippen molar-refractivity contribution in [2.24, 2.45) is 0 Å². The van der Waals surface area contributed by atoms with Gasteiger partial charge in [0.25, 0.3) is 5.92 Å². The summed E-state index contributed by atoms with van der Waals surface area (Å²) >= 11 is 0. The van der Waals surface area contributed by atoms with Gasteiger partial charge in [-0.15, -0.1) is 0 Å². The third-order valence-corrected chi connectivity index (χ3v) is 7.18. The minimum absolute atomic E-state index is 0.00147. The molecule has 2 heterocycles. The highest BCUT2D eigenvalue weighted by Gasteiger charge is 2.34. The van der Waals surface area contributed by atoms with E-state index in [9.17, 15) is 18.7 Å². The number of carbonyl (C=O) groups is 1. The Kier molecular flexibility index (Phi) is 8.50. The minimum atomic E-state index is -2.94. The van der Waals surface area contributed by atoms with Gasteiger partial charge in [-0.3, -0.25) is 14.7 Å². The van der Waals surface area contributed by atoms with Gasteiger partial charge in [-0.25, -0.2) is 8.78 Å². The average Bonchev–Trinajstić information content (AvgIpc) is 3.29. The van der Waals surface area contributed by atoms with Crippen molar-refractivity contribution in [1.29, 1.82) is 0 Å². The normalized spacial score (nSPS) is 19.5. The van der Waals surface area contributed by atoms with E-state index < -0.39 is 17.9 Å². The number of carboxylic acid groups (broad SMARTS) is 1. The van der Waals surface area contributed by atoms with Crippen molar-refractivity contribution in [2.75, 3.05) is 19.7 Å². The second-order valence-corrected chi connectivity index (χ2v) is 9.95. The molecule has 1 aliphatic heterocycles. The van der Waals surface area contributed by atoms with Crippen molar-refractivity contribution in [2.45, 2.75) is 82.8 Å². The molecule has 0 amide bonds. The number of rotatable bonds is 11. The number of aryl methyl sites for hydroxylation is 3. The first kappa shape index (κ1) is 25.7. The highest BCUT2D eigenvalue weighted by atomic mass is 19.3. The lowest BCUT2D eigenvalue weighted by Gasteiger charge is -2.25. The zero-order chi connectivity index (χ0) is 24.8. The maximum atomic E-state index is 13.5. The molecule has 2 atom stereocenters. The second-order valence-electron chi connectivity index (χ2n) is 9.95. The predicted molar refractivity (Wildman–Crippen MR) is 131 cm³/mol. The number of hydrogen-bond acceptors (Lipinski definition) is 4. The van der Waals surface area contributed by atoms with Gasteiger partial charge in [-0.1, -0.05) is 36.8 Å². The lowest BCUT2D eigenvalue weighted by molar-refractivity contribution is -0.143. The number of pyridine rings is 1. The minimum Gasteiger partial charge on any atom is -0.480 e. The molecule has 1 aromatic heterocycles. The molecule has 1 N–H and O–H groups in total. The average molecular weight is 487 g/mol. The number of likely N-dealkylation sites (tertiary alicyclic amines) is 1. The Morgan fingerprint density at radius 2 is 1.91 bits per heavy atom. The summed E-state index contributed by atoms with van der Waals surface area (Å²) in [6, 6.07) is 9.20. The number of unbranched alkanes of at least 4 members (excludes halogenated alkanes) is 2. The SMILES string of the molecule is CC(F)(F)c1ccc([C@@H](C(=O)O)N2CC[C@@H](OCCCCCc3ccc4c(n3)CCCC4)C2)cc1. The molecule has 190 valence electrons. The maximum absolute atomic E-state index is 13.5. The first-order valence-corrected chi connectivity index (χ1v) is 12.9. The predicted octanol–water partition coefficient (Wildman–Crippen LogP) is 5.70. The molecule has 5 nitrogen and oxygen atoms in total. The van der Waals surface area contributed by atoms with Crippen LogP contribution in [0.1, 0.15) is 79.6 Å². The lowest BCUT2D eigenvalue weighted by atomic mass is 9.95. The van der Waals surface area contributed by atoms with Gasteiger partial charge in [0.05, 0.1) is 6.10 Å². The van der Waals surface area contributed by atoms with Crippen LogP contribution in [0.3, 0.4) is 0 Å². The fraction of sp³-hybridized carbons (Fsp3) is 0.571. The van der Waals surface area contributed by atoms with E-state index in [2.05, 4.69) is 12.1 Å². The molecule has 2 aliphatic rings. The van der Waals surface area contributed by atoms with E-state index in [0.29, 0.717) is 25.3 Å². The number of benzene rings is 1. The van der Waals surface area contributed by atoms with E-state index in [0.717, 1.165) is 51.9 Å². The number of aromatic nitrogens is 1. The molecule has 1 aromatic carbocycles. The molecule has 35 heavy (non-hydrogen) atoms. The summed E-state index contributed by atoms with van der Waals surface area (Å²) in [4.78, 5) is 18.7. The Balaban J connectivity index is 1.18. The van der Waals surface area contributed by atoms with Gasteiger partial charge in [0, 0.05) is 43.6 Å². The van der Waals surface area contributed by atoms with E-state index in [1.54, 1.807) is 0 Å². The molecule has 0 saturated carbocycles. The van der Waals surface area contributed by atoms with Crippen LogP contribution in [0.25, 0.3) is 0 Å². The summed E-state index contributed by atoms with van der Waals surface area (Å²) in [6.07, 6.45) is 9.68. The van der Waals surface area contributed by atoms with Crippen molar-refractivity contribution in [1.82, 2.24) is 9.88 Å². The van der Waals surface area contributed by atoms with Gasteiger partial charge >= 0.3 is 5.97 Å². The third-order valence-electron chi connectivity index (χ3n) is 7.18. The number of alkyl halides is 2. The molecule has 0 radical (unpaired) electrons. The number of halogens is 2. The van der Waals surface area contributed by atoms with Crippen LogP contribution in [0.2, 0.25) is 0 Å². The van der Waals surface area contributed by atoms with Gasteiger partial charge < -0.3 is 9.84 Å². The van der Waals surface area contributed by atoms with E-state index in [1.807, 2.05) is 4.90 Å². The molecule has 4 rings (SSSR count). The Morgan fingerprint density at radius 1 is 1.14 bits per heavy atom. The van der Waals surface area contributed by atoms with Crippen LogP contribution in [0.5, 0.6) is 0 Å². The first-order valence-electron chi connectivity index (χ1n) is 12.9. The highest BCUT2D eigenvalue weighted by Crippen LogP contribution is 2.31. The van der Waals surface area contributed by atoms with Crippen LogP contribution in [0.15, 0.2) is 36.4 Å². The van der Waals surface area contributed by atoms with E-state index in [4.69, 9.17) is 9.72 Å². The van der Waals surface area contributed by atoms with Gasteiger partial charge in [0.1, 0.15) is 6.04 Å². The molecular formula is C28H36F2N2O3. The Bertz CT molecular complexity index is 991. The van der Waals surface area contributed by atoms with Gasteiger partial charge in [0.2, 0.25) is 0 Å². The fourth-order valence-corrected chi connectivity index (χ4v) is 5.19. The Morgan fingerprint density at radius 3 is 2.66 bits per heavy atom. The number of ether oxygens (including phenoxy) is 1. The molecule has 0 bridgehead atoms. The molecule has 2 aromatic rings. The smallest absolute Gasteiger partial charge is 0.325 e. The molecule has 0 spiro atoms. The summed E-state index contributed by atoms with van der Waals surface area (Å²) in [6.45, 7) is 2.64. The van der Waals surface area contributed by atoms with Gasteiger partial charge in [0.15, 0.2) is 0 Å². The number of aliphatic carboxylic acids is 1. The topological polar surface area (TPSA) is 62.7 Å². The van der Waals surface area contributed by atoms with Crippen LogP contribution in [-0.2, 0) is 34.7 Å². The fourth-order valence-electron chi connectivity index (χ4n) is 5.19. The summed E-state index contributed by atoms with van der Waals surface area (Å²) in [7, 11) is 0. The summed E-state index contributed by atoms with van der Waals surface area (Å²) < 4.78 is 33.0. The quantitative estimate of drug-likeness (QED) is 0.413. The molecule has 1 saturated heterocycles. The van der Waals surface area contributed by atoms with Gasteiger partial charge in [-0.2, -0.15) is 0 Å². The molecular weight excluding hydrogens is 450 g/mol. The van der Waals surface area contributed by atoms with E-state index >= 15 is 0 Å². The summed E-state index contributed by atoms with van der Waals surface area (Å²) in [5.41, 5.74) is 4.30. The zero-order valence-corrected chi connectivity index (χ0v) is 20.5. The van der Waals surface area contributed by atoms with Crippen LogP contribution in [0, 0.1) is 0 Å². The zero-order valence-electron chi connectivity index (χ0n) is 20.5. The number of fused-ring (bicyclic) bond motifs is 1. The second kappa shape index (κ2) is 11.6. The van der Waals surface area contributed by atoms with Gasteiger partial charge in [-0.05, 0) is 68.6 Å². The van der Waals surface area contributed by atoms with E-state index in [-0.39, 0.29) is 11.7 Å². The highest BCUT2D eigenvalue weighted by molar-refractivity contribution is 5.75. The number of hydrogen-bond donors (Lipinski definition) is 1. The third kappa shape index (κ3) is 6.85. The summed E-state index contributed by atoms with van der Waals surface area (Å²) in [5, 5.41) is 9.80. The van der Waals surface area contributed by atoms with Crippen LogP contribution >= 0.6 is 0 Å². The molecule has 1 aliphatic carbocycles. The maximum Gasteiger partial charge on any atom is 0.325 e. The Hall–Kier alpha value is -2.38. The van der Waals surface area contributed by atoms with Crippen molar-refractivity contribution >= 4 is 5.97 Å².